The van der Waals surface area contributed by atoms with Crippen LogP contribution in [-0.4, -0.2) is 30.1 Å². The van der Waals surface area contributed by atoms with Crippen LogP contribution in [0.5, 0.6) is 0 Å². The van der Waals surface area contributed by atoms with Gasteiger partial charge in [0, 0.05) is 89.2 Å². The topological polar surface area (TPSA) is 92.0 Å². The van der Waals surface area contributed by atoms with Crippen molar-refractivity contribution in [2.24, 2.45) is 0 Å². The molecule has 6 aromatic carbocycles. The Balaban J connectivity index is 0.000000141. The fourth-order valence-corrected chi connectivity index (χ4v) is 8.74. The molecule has 6 nitrogen and oxygen atoms in total. The smallest absolute Gasteiger partial charge is 0.157 e. The number of hydrogen-bond donors (Lipinski definition) is 2. The van der Waals surface area contributed by atoms with E-state index in [1.807, 2.05) is 182 Å². The molecule has 12 rings (SSSR count). The second kappa shape index (κ2) is 20.2. The third kappa shape index (κ3) is 8.57. The Morgan fingerprint density at radius 3 is 0.970 bits per heavy atom. The van der Waals surface area contributed by atoms with Crippen molar-refractivity contribution in [2.45, 2.75) is 11.2 Å². The van der Waals surface area contributed by atoms with Gasteiger partial charge >= 0.3 is 0 Å². The van der Waals surface area contributed by atoms with Crippen LogP contribution in [0.15, 0.2) is 231 Å². The summed E-state index contributed by atoms with van der Waals surface area (Å²) in [5, 5.41) is 23.7. The second-order valence-corrected chi connectivity index (χ2v) is 15.4. The first-order valence-corrected chi connectivity index (χ1v) is 21.1. The molecule has 0 saturated carbocycles. The molecule has 2 aliphatic carbocycles. The summed E-state index contributed by atoms with van der Waals surface area (Å²) in [6.07, 6.45) is 7.15. The van der Waals surface area contributed by atoms with Crippen molar-refractivity contribution < 1.29 is 52.3 Å². The van der Waals surface area contributed by atoms with Gasteiger partial charge in [-0.3, -0.25) is 19.9 Å². The van der Waals surface area contributed by atoms with Crippen LogP contribution in [0.4, 0.5) is 0 Å². The number of benzene rings is 6. The van der Waals surface area contributed by atoms with Crippen LogP contribution in [0.3, 0.4) is 0 Å². The van der Waals surface area contributed by atoms with Crippen LogP contribution in [0.25, 0.3) is 55.9 Å². The quantitative estimate of drug-likeness (QED) is 0.167. The molecule has 2 N–H and O–H groups in total. The largest absolute Gasteiger partial charge is 0.374 e. The maximum atomic E-state index is 11.9. The van der Waals surface area contributed by atoms with E-state index in [1.165, 1.54) is 11.1 Å². The Kier molecular flexibility index (Phi) is 14.0. The minimum absolute atomic E-state index is 0. The fourth-order valence-electron chi connectivity index (χ4n) is 8.74. The predicted molar refractivity (Wildman–Crippen MR) is 252 cm³/mol. The van der Waals surface area contributed by atoms with Gasteiger partial charge in [0.2, 0.25) is 0 Å². The first-order chi connectivity index (χ1) is 31.5. The van der Waals surface area contributed by atoms with Gasteiger partial charge in [-0.25, -0.2) is 0 Å². The summed E-state index contributed by atoms with van der Waals surface area (Å²) in [4.78, 5) is 17.5. The monoisotopic (exact) mass is 1210 g/mol. The van der Waals surface area contributed by atoms with E-state index in [0.29, 0.717) is 11.4 Å². The average molecular weight is 1220 g/mol. The van der Waals surface area contributed by atoms with Gasteiger partial charge in [-0.05, 0) is 81.2 Å². The number of nitrogens with zero attached hydrogens (tertiary/aromatic N) is 4. The van der Waals surface area contributed by atoms with Crippen molar-refractivity contribution in [1.82, 2.24) is 19.9 Å². The van der Waals surface area contributed by atoms with Crippen LogP contribution in [0.1, 0.15) is 33.6 Å². The van der Waals surface area contributed by atoms with Crippen LogP contribution >= 0.6 is 0 Å². The first-order valence-electron chi connectivity index (χ1n) is 21.1. The molecule has 326 valence electrons. The number of pyridine rings is 4. The molecule has 4 heterocycles. The van der Waals surface area contributed by atoms with E-state index in [9.17, 15) is 10.2 Å². The third-order valence-corrected chi connectivity index (χ3v) is 11.8. The number of fused-ring (bicyclic) bond motifs is 6. The first kappa shape index (κ1) is 45.8. The summed E-state index contributed by atoms with van der Waals surface area (Å²) in [7, 11) is 0. The van der Waals surface area contributed by atoms with Gasteiger partial charge in [-0.2, -0.15) is 0 Å². The molecule has 0 unspecified atom stereocenters. The number of rotatable bonds is 5. The Labute approximate surface area is 413 Å². The molecule has 0 bridgehead atoms. The Bertz CT molecular complexity index is 2900. The molecule has 0 amide bonds. The van der Waals surface area contributed by atoms with E-state index < -0.39 is 11.2 Å². The molecule has 10 aromatic rings. The van der Waals surface area contributed by atoms with Crippen LogP contribution in [-0.2, 0) is 53.3 Å². The van der Waals surface area contributed by atoms with Crippen LogP contribution in [0.2, 0.25) is 0 Å². The maximum absolute atomic E-state index is 11.9. The van der Waals surface area contributed by atoms with Crippen LogP contribution < -0.4 is 0 Å². The minimum Gasteiger partial charge on any atom is -0.374 e. The molecule has 0 fully saturated rings. The Morgan fingerprint density at radius 2 is 0.652 bits per heavy atom. The predicted octanol–water partition coefficient (Wildman–Crippen LogP) is 11.8. The van der Waals surface area contributed by atoms with Crippen molar-refractivity contribution in [3.8, 4) is 55.9 Å². The van der Waals surface area contributed by atoms with E-state index >= 15 is 0 Å². The zero-order chi connectivity index (χ0) is 43.4. The van der Waals surface area contributed by atoms with Gasteiger partial charge in [-0.1, -0.05) is 121 Å². The summed E-state index contributed by atoms with van der Waals surface area (Å²) in [6.45, 7) is 0. The van der Waals surface area contributed by atoms with Gasteiger partial charge in [0.1, 0.15) is 0 Å². The molecule has 0 spiro atoms. The SMILES string of the molecule is OC1(c2cccc(-c3[c-]cccc3)n2)c2ccccc2-c2ccccc21.OC1(c2cccc(-c3[c-]cccc3)n2)c2ccccc2-c2ccccc21.[Pt].[Pt].c1cc(-c2ccncc2)ccn1. The third-order valence-electron chi connectivity index (χ3n) is 11.8. The van der Waals surface area contributed by atoms with Crippen molar-refractivity contribution >= 4 is 0 Å². The van der Waals surface area contributed by atoms with Crippen molar-refractivity contribution in [1.29, 1.82) is 0 Å². The average Bonchev–Trinajstić information content (AvgIpc) is 3.81. The molecule has 0 radical (unpaired) electrons. The Hall–Kier alpha value is -6.78. The van der Waals surface area contributed by atoms with E-state index in [-0.39, 0.29) is 42.1 Å². The summed E-state index contributed by atoms with van der Waals surface area (Å²) in [5.74, 6) is 0. The molecule has 4 aromatic heterocycles. The van der Waals surface area contributed by atoms with Gasteiger partial charge in [-0.15, -0.1) is 71.8 Å². The standard InChI is InChI=1S/2C24H16NO.C10H8N2.2Pt/c2*26-24(23-16-8-15-22(25-23)17-9-2-1-3-10-17)20-13-6-4-11-18(20)19-12-5-7-14-21(19)24;1-5-11-6-2-9(1)10-3-7-12-8-4-10;;/h2*1-9,11-16,26H;1-8H;;/q2*-1;;;. The summed E-state index contributed by atoms with van der Waals surface area (Å²) in [5.41, 5.74) is 12.3. The van der Waals surface area contributed by atoms with E-state index in [0.717, 1.165) is 67.0 Å². The second-order valence-electron chi connectivity index (χ2n) is 15.4. The Morgan fingerprint density at radius 1 is 0.333 bits per heavy atom. The van der Waals surface area contributed by atoms with E-state index in [1.54, 1.807) is 24.8 Å². The van der Waals surface area contributed by atoms with Crippen molar-refractivity contribution in [2.75, 3.05) is 0 Å². The van der Waals surface area contributed by atoms with Crippen LogP contribution in [0, 0.1) is 12.1 Å². The zero-order valence-electron chi connectivity index (χ0n) is 35.3. The van der Waals surface area contributed by atoms with Gasteiger partial charge in [0.25, 0.3) is 0 Å². The molecule has 66 heavy (non-hydrogen) atoms. The van der Waals surface area contributed by atoms with E-state index in [4.69, 9.17) is 9.97 Å². The number of aromatic nitrogens is 4. The summed E-state index contributed by atoms with van der Waals surface area (Å²) >= 11 is 0. The number of hydrogen-bond acceptors (Lipinski definition) is 6. The molecular weight excluding hydrogens is 1170 g/mol. The zero-order valence-corrected chi connectivity index (χ0v) is 39.8. The van der Waals surface area contributed by atoms with Crippen molar-refractivity contribution in [3.63, 3.8) is 0 Å². The van der Waals surface area contributed by atoms with E-state index in [2.05, 4.69) is 46.4 Å². The van der Waals surface area contributed by atoms with Gasteiger partial charge in [0.05, 0.1) is 11.4 Å². The maximum Gasteiger partial charge on any atom is 0.157 e. The molecule has 2 aliphatic rings. The molecular formula is C58H40N4O2Pt2-2. The minimum atomic E-state index is -1.25. The van der Waals surface area contributed by atoms with Gasteiger partial charge in [0.15, 0.2) is 11.2 Å². The molecule has 0 atom stereocenters. The normalized spacial score (nSPS) is 12.7. The molecule has 0 aliphatic heterocycles. The fraction of sp³-hybridized carbons (Fsp3) is 0.0345. The summed E-state index contributed by atoms with van der Waals surface area (Å²) < 4.78 is 0. The molecule has 8 heteroatoms. The van der Waals surface area contributed by atoms with Gasteiger partial charge < -0.3 is 10.2 Å². The molecule has 0 saturated heterocycles. The summed E-state index contributed by atoms with van der Waals surface area (Å²) in [6, 6.07) is 73.5. The number of aliphatic hydroxyl groups is 2. The van der Waals surface area contributed by atoms with Crippen molar-refractivity contribution in [3.05, 3.63) is 277 Å².